The first-order valence-electron chi connectivity index (χ1n) is 5.46. The third kappa shape index (κ3) is 1.65. The smallest absolute Gasteiger partial charge is 0.0485 e. The molecule has 1 heterocycles. The van der Waals surface area contributed by atoms with E-state index in [0.29, 0.717) is 0 Å². The molecular weight excluding hydrogens is 186 g/mol. The van der Waals surface area contributed by atoms with E-state index in [1.807, 2.05) is 0 Å². The van der Waals surface area contributed by atoms with Crippen LogP contribution in [0.4, 0.5) is 0 Å². The van der Waals surface area contributed by atoms with Crippen LogP contribution in [0.25, 0.3) is 10.9 Å². The quantitative estimate of drug-likeness (QED) is 0.814. The van der Waals surface area contributed by atoms with Crippen molar-refractivity contribution in [1.29, 1.82) is 0 Å². The molecule has 0 atom stereocenters. The summed E-state index contributed by atoms with van der Waals surface area (Å²) in [5.74, 6) is 0. The van der Waals surface area contributed by atoms with Gasteiger partial charge in [-0.15, -0.1) is 0 Å². The van der Waals surface area contributed by atoms with E-state index in [-0.39, 0.29) is 6.61 Å². The maximum absolute atomic E-state index is 9.03. The number of nitrogens with zero attached hydrogens (tertiary/aromatic N) is 1. The molecule has 0 bridgehead atoms. The van der Waals surface area contributed by atoms with Gasteiger partial charge in [0.05, 0.1) is 0 Å². The second-order valence-corrected chi connectivity index (χ2v) is 3.88. The summed E-state index contributed by atoms with van der Waals surface area (Å²) in [6.45, 7) is 5.50. The summed E-state index contributed by atoms with van der Waals surface area (Å²) in [6.07, 6.45) is 2.93. The molecule has 0 fully saturated rings. The normalized spacial score (nSPS) is 11.1. The molecular formula is C13H17NO. The van der Waals surface area contributed by atoms with Gasteiger partial charge in [0.1, 0.15) is 0 Å². The number of hydrogen-bond donors (Lipinski definition) is 1. The first-order valence-corrected chi connectivity index (χ1v) is 5.46. The fourth-order valence-corrected chi connectivity index (χ4v) is 2.24. The standard InChI is InChI=1S/C13H17NO/c1-3-14-9-10(2)13-11(7-8-15)5-4-6-12(13)14/h4-6,9,15H,3,7-8H2,1-2H3. The lowest BCUT2D eigenvalue weighted by Gasteiger charge is -2.04. The average molecular weight is 203 g/mol. The molecule has 2 rings (SSSR count). The van der Waals surface area contributed by atoms with Crippen LogP contribution < -0.4 is 0 Å². The van der Waals surface area contributed by atoms with E-state index in [9.17, 15) is 0 Å². The Hall–Kier alpha value is -1.28. The monoisotopic (exact) mass is 203 g/mol. The van der Waals surface area contributed by atoms with E-state index < -0.39 is 0 Å². The van der Waals surface area contributed by atoms with Crippen molar-refractivity contribution in [2.75, 3.05) is 6.61 Å². The van der Waals surface area contributed by atoms with E-state index >= 15 is 0 Å². The zero-order chi connectivity index (χ0) is 10.8. The van der Waals surface area contributed by atoms with Gasteiger partial charge in [-0.1, -0.05) is 12.1 Å². The van der Waals surface area contributed by atoms with Crippen molar-refractivity contribution in [3.63, 3.8) is 0 Å². The van der Waals surface area contributed by atoms with Crippen molar-refractivity contribution < 1.29 is 5.11 Å². The lowest BCUT2D eigenvalue weighted by atomic mass is 10.0. The minimum Gasteiger partial charge on any atom is -0.396 e. The van der Waals surface area contributed by atoms with Crippen molar-refractivity contribution in [3.8, 4) is 0 Å². The minimum absolute atomic E-state index is 0.218. The van der Waals surface area contributed by atoms with E-state index in [1.54, 1.807) is 0 Å². The highest BCUT2D eigenvalue weighted by molar-refractivity contribution is 5.87. The Labute approximate surface area is 90.2 Å². The van der Waals surface area contributed by atoms with Crippen LogP contribution in [0.5, 0.6) is 0 Å². The maximum atomic E-state index is 9.03. The molecule has 0 aliphatic heterocycles. The molecule has 15 heavy (non-hydrogen) atoms. The highest BCUT2D eigenvalue weighted by atomic mass is 16.2. The Morgan fingerprint density at radius 2 is 2.13 bits per heavy atom. The zero-order valence-corrected chi connectivity index (χ0v) is 9.33. The molecule has 0 saturated carbocycles. The summed E-state index contributed by atoms with van der Waals surface area (Å²) in [5.41, 5.74) is 3.83. The first-order chi connectivity index (χ1) is 7.27. The molecule has 0 unspecified atom stereocenters. The highest BCUT2D eigenvalue weighted by Crippen LogP contribution is 2.24. The number of fused-ring (bicyclic) bond motifs is 1. The number of aliphatic hydroxyl groups excluding tert-OH is 1. The van der Waals surface area contributed by atoms with E-state index in [4.69, 9.17) is 5.11 Å². The summed E-state index contributed by atoms with van der Waals surface area (Å²) in [4.78, 5) is 0. The van der Waals surface area contributed by atoms with E-state index in [2.05, 4.69) is 42.8 Å². The molecule has 0 aliphatic rings. The predicted molar refractivity (Wildman–Crippen MR) is 63.1 cm³/mol. The molecule has 0 amide bonds. The fraction of sp³-hybridized carbons (Fsp3) is 0.385. The second-order valence-electron chi connectivity index (χ2n) is 3.88. The third-order valence-electron chi connectivity index (χ3n) is 2.90. The molecule has 2 nitrogen and oxygen atoms in total. The first kappa shape index (κ1) is 10.2. The van der Waals surface area contributed by atoms with Crippen molar-refractivity contribution in [2.24, 2.45) is 0 Å². The Kier molecular flexibility index (Phi) is 2.78. The third-order valence-corrected chi connectivity index (χ3v) is 2.90. The summed E-state index contributed by atoms with van der Waals surface area (Å²) in [7, 11) is 0. The van der Waals surface area contributed by atoms with Crippen molar-refractivity contribution in [3.05, 3.63) is 35.5 Å². The fourth-order valence-electron chi connectivity index (χ4n) is 2.24. The van der Waals surface area contributed by atoms with Gasteiger partial charge in [-0.3, -0.25) is 0 Å². The van der Waals surface area contributed by atoms with Crippen LogP contribution in [-0.2, 0) is 13.0 Å². The van der Waals surface area contributed by atoms with Crippen LogP contribution in [0.3, 0.4) is 0 Å². The highest BCUT2D eigenvalue weighted by Gasteiger charge is 2.07. The van der Waals surface area contributed by atoms with Gasteiger partial charge in [-0.25, -0.2) is 0 Å². The van der Waals surface area contributed by atoms with Gasteiger partial charge in [0.15, 0.2) is 0 Å². The molecule has 1 aromatic heterocycles. The van der Waals surface area contributed by atoms with E-state index in [0.717, 1.165) is 13.0 Å². The summed E-state index contributed by atoms with van der Waals surface area (Å²) >= 11 is 0. The summed E-state index contributed by atoms with van der Waals surface area (Å²) < 4.78 is 2.26. The van der Waals surface area contributed by atoms with Crippen LogP contribution >= 0.6 is 0 Å². The van der Waals surface area contributed by atoms with Gasteiger partial charge < -0.3 is 9.67 Å². The average Bonchev–Trinajstić information content (AvgIpc) is 2.57. The van der Waals surface area contributed by atoms with Gasteiger partial charge >= 0.3 is 0 Å². The molecule has 1 N–H and O–H groups in total. The Bertz CT molecular complexity index is 471. The lowest BCUT2D eigenvalue weighted by molar-refractivity contribution is 0.300. The molecule has 80 valence electrons. The topological polar surface area (TPSA) is 25.2 Å². The number of hydrogen-bond acceptors (Lipinski definition) is 1. The summed E-state index contributed by atoms with van der Waals surface area (Å²) in [5, 5.41) is 10.3. The van der Waals surface area contributed by atoms with Gasteiger partial charge in [0, 0.05) is 30.3 Å². The largest absolute Gasteiger partial charge is 0.396 e. The van der Waals surface area contributed by atoms with Gasteiger partial charge in [-0.2, -0.15) is 0 Å². The van der Waals surface area contributed by atoms with Crippen molar-refractivity contribution >= 4 is 10.9 Å². The van der Waals surface area contributed by atoms with E-state index in [1.165, 1.54) is 22.0 Å². The lowest BCUT2D eigenvalue weighted by Crippen LogP contribution is -1.93. The zero-order valence-electron chi connectivity index (χ0n) is 9.33. The Morgan fingerprint density at radius 1 is 1.33 bits per heavy atom. The molecule has 0 saturated heterocycles. The Morgan fingerprint density at radius 3 is 2.80 bits per heavy atom. The van der Waals surface area contributed by atoms with Gasteiger partial charge in [-0.05, 0) is 37.5 Å². The molecule has 0 spiro atoms. The number of benzene rings is 1. The van der Waals surface area contributed by atoms with Crippen LogP contribution in [-0.4, -0.2) is 16.3 Å². The predicted octanol–water partition coefficient (Wildman–Crippen LogP) is 2.50. The van der Waals surface area contributed by atoms with Crippen LogP contribution in [0.15, 0.2) is 24.4 Å². The van der Waals surface area contributed by atoms with Crippen molar-refractivity contribution in [1.82, 2.24) is 4.57 Å². The van der Waals surface area contributed by atoms with Gasteiger partial charge in [0.2, 0.25) is 0 Å². The molecule has 2 heteroatoms. The second kappa shape index (κ2) is 4.07. The SMILES string of the molecule is CCn1cc(C)c2c(CCO)cccc21. The van der Waals surface area contributed by atoms with Crippen LogP contribution in [0.2, 0.25) is 0 Å². The molecule has 0 radical (unpaired) electrons. The van der Waals surface area contributed by atoms with Crippen molar-refractivity contribution in [2.45, 2.75) is 26.8 Å². The number of aliphatic hydroxyl groups is 1. The number of aromatic nitrogens is 1. The number of rotatable bonds is 3. The Balaban J connectivity index is 2.68. The van der Waals surface area contributed by atoms with Crippen LogP contribution in [0.1, 0.15) is 18.1 Å². The van der Waals surface area contributed by atoms with Crippen LogP contribution in [0, 0.1) is 6.92 Å². The molecule has 0 aliphatic carbocycles. The van der Waals surface area contributed by atoms with Gasteiger partial charge in [0.25, 0.3) is 0 Å². The summed E-state index contributed by atoms with van der Waals surface area (Å²) in [6, 6.07) is 6.32. The number of aryl methyl sites for hydroxylation is 2. The molecule has 1 aromatic carbocycles. The molecule has 2 aromatic rings. The maximum Gasteiger partial charge on any atom is 0.0485 e. The minimum atomic E-state index is 0.218.